The van der Waals surface area contributed by atoms with Gasteiger partial charge in [0, 0.05) is 37.1 Å². The van der Waals surface area contributed by atoms with E-state index in [1.54, 1.807) is 30.2 Å². The van der Waals surface area contributed by atoms with Crippen LogP contribution in [0.4, 0.5) is 4.39 Å². The van der Waals surface area contributed by atoms with Crippen LogP contribution >= 0.6 is 0 Å². The smallest absolute Gasteiger partial charge is 0.240 e. The SMILES string of the molecule is CC(Cn1ccnc1)NS(=O)(=O)c1ccc(F)c(CN)c1. The van der Waals surface area contributed by atoms with Crippen molar-refractivity contribution in [1.82, 2.24) is 14.3 Å². The fraction of sp³-hybridized carbons (Fsp3) is 0.308. The van der Waals surface area contributed by atoms with Crippen LogP contribution in [0.25, 0.3) is 0 Å². The molecule has 1 aromatic carbocycles. The van der Waals surface area contributed by atoms with Crippen LogP contribution in [0.3, 0.4) is 0 Å². The number of nitrogens with one attached hydrogen (secondary N) is 1. The molecular weight excluding hydrogens is 295 g/mol. The monoisotopic (exact) mass is 312 g/mol. The first-order valence-corrected chi connectivity index (χ1v) is 7.87. The Hall–Kier alpha value is -1.77. The number of aromatic nitrogens is 2. The highest BCUT2D eigenvalue weighted by Crippen LogP contribution is 2.15. The molecule has 1 heterocycles. The first-order valence-electron chi connectivity index (χ1n) is 6.39. The standard InChI is InChI=1S/C13H17FN4O2S/c1-10(8-18-5-4-16-9-18)17-21(19,20)12-2-3-13(14)11(6-12)7-15/h2-6,9-10,17H,7-8,15H2,1H3. The van der Waals surface area contributed by atoms with E-state index in [0.717, 1.165) is 6.07 Å². The molecule has 0 fully saturated rings. The van der Waals surface area contributed by atoms with Crippen LogP contribution < -0.4 is 10.5 Å². The van der Waals surface area contributed by atoms with E-state index in [2.05, 4.69) is 9.71 Å². The molecule has 0 amide bonds. The Morgan fingerprint density at radius 1 is 1.48 bits per heavy atom. The molecule has 0 saturated heterocycles. The van der Waals surface area contributed by atoms with Crippen molar-refractivity contribution >= 4 is 10.0 Å². The predicted molar refractivity (Wildman–Crippen MR) is 76.3 cm³/mol. The zero-order valence-corrected chi connectivity index (χ0v) is 12.3. The highest BCUT2D eigenvalue weighted by atomic mass is 32.2. The minimum absolute atomic E-state index is 0.00170. The van der Waals surface area contributed by atoms with Gasteiger partial charge in [0.25, 0.3) is 0 Å². The summed E-state index contributed by atoms with van der Waals surface area (Å²) in [6.07, 6.45) is 4.97. The lowest BCUT2D eigenvalue weighted by atomic mass is 10.2. The Balaban J connectivity index is 2.14. The molecule has 1 unspecified atom stereocenters. The van der Waals surface area contributed by atoms with Crippen molar-refractivity contribution < 1.29 is 12.8 Å². The van der Waals surface area contributed by atoms with Crippen molar-refractivity contribution in [2.75, 3.05) is 0 Å². The molecular formula is C13H17FN4O2S. The number of benzene rings is 1. The van der Waals surface area contributed by atoms with Crippen molar-refractivity contribution in [3.05, 3.63) is 48.3 Å². The summed E-state index contributed by atoms with van der Waals surface area (Å²) in [6.45, 7) is 2.13. The molecule has 0 aliphatic carbocycles. The Morgan fingerprint density at radius 3 is 2.86 bits per heavy atom. The number of hydrogen-bond acceptors (Lipinski definition) is 4. The molecule has 3 N–H and O–H groups in total. The Bertz CT molecular complexity index is 701. The van der Waals surface area contributed by atoms with Gasteiger partial charge in [-0.05, 0) is 25.1 Å². The molecule has 1 atom stereocenters. The summed E-state index contributed by atoms with van der Waals surface area (Å²) in [7, 11) is -3.72. The van der Waals surface area contributed by atoms with Gasteiger partial charge in [0.2, 0.25) is 10.0 Å². The zero-order chi connectivity index (χ0) is 15.5. The molecule has 6 nitrogen and oxygen atoms in total. The summed E-state index contributed by atoms with van der Waals surface area (Å²) in [5, 5.41) is 0. The minimum atomic E-state index is -3.72. The van der Waals surface area contributed by atoms with Crippen molar-refractivity contribution in [2.45, 2.75) is 31.0 Å². The normalized spacial score (nSPS) is 13.3. The van der Waals surface area contributed by atoms with Gasteiger partial charge in [0.05, 0.1) is 11.2 Å². The number of rotatable bonds is 6. The average Bonchev–Trinajstić information content (AvgIpc) is 2.91. The number of halogens is 1. The van der Waals surface area contributed by atoms with Gasteiger partial charge in [-0.3, -0.25) is 0 Å². The highest BCUT2D eigenvalue weighted by Gasteiger charge is 2.18. The molecule has 0 aliphatic heterocycles. The Labute approximate surface area is 122 Å². The van der Waals surface area contributed by atoms with Gasteiger partial charge in [-0.1, -0.05) is 0 Å². The molecule has 0 spiro atoms. The number of sulfonamides is 1. The number of nitrogens with two attached hydrogens (primary N) is 1. The lowest BCUT2D eigenvalue weighted by Crippen LogP contribution is -2.35. The lowest BCUT2D eigenvalue weighted by Gasteiger charge is -2.15. The fourth-order valence-corrected chi connectivity index (χ4v) is 3.24. The summed E-state index contributed by atoms with van der Waals surface area (Å²) >= 11 is 0. The largest absolute Gasteiger partial charge is 0.336 e. The second kappa shape index (κ2) is 6.33. The van der Waals surface area contributed by atoms with Gasteiger partial charge < -0.3 is 10.3 Å². The van der Waals surface area contributed by atoms with Gasteiger partial charge in [-0.25, -0.2) is 22.5 Å². The van der Waals surface area contributed by atoms with Crippen molar-refractivity contribution in [3.63, 3.8) is 0 Å². The molecule has 1 aromatic heterocycles. The van der Waals surface area contributed by atoms with Crippen LogP contribution in [-0.2, 0) is 23.1 Å². The maximum absolute atomic E-state index is 13.4. The summed E-state index contributed by atoms with van der Waals surface area (Å²) in [6, 6.07) is 3.25. The maximum atomic E-state index is 13.4. The molecule has 114 valence electrons. The number of hydrogen-bond donors (Lipinski definition) is 2. The van der Waals surface area contributed by atoms with Gasteiger partial charge >= 0.3 is 0 Å². The second-order valence-electron chi connectivity index (χ2n) is 4.74. The molecule has 0 saturated carbocycles. The molecule has 21 heavy (non-hydrogen) atoms. The molecule has 2 aromatic rings. The highest BCUT2D eigenvalue weighted by molar-refractivity contribution is 7.89. The van der Waals surface area contributed by atoms with Crippen LogP contribution in [0.2, 0.25) is 0 Å². The van der Waals surface area contributed by atoms with E-state index in [4.69, 9.17) is 5.73 Å². The van der Waals surface area contributed by atoms with E-state index in [9.17, 15) is 12.8 Å². The number of imidazole rings is 1. The fourth-order valence-electron chi connectivity index (χ4n) is 1.96. The van der Waals surface area contributed by atoms with Crippen LogP contribution in [0.1, 0.15) is 12.5 Å². The summed E-state index contributed by atoms with van der Waals surface area (Å²) in [4.78, 5) is 3.89. The quantitative estimate of drug-likeness (QED) is 0.827. The first-order chi connectivity index (χ1) is 9.92. The van der Waals surface area contributed by atoms with E-state index < -0.39 is 15.8 Å². The average molecular weight is 312 g/mol. The van der Waals surface area contributed by atoms with Crippen molar-refractivity contribution in [1.29, 1.82) is 0 Å². The van der Waals surface area contributed by atoms with Crippen LogP contribution in [-0.4, -0.2) is 24.0 Å². The third-order valence-electron chi connectivity index (χ3n) is 2.95. The topological polar surface area (TPSA) is 90.0 Å². The zero-order valence-electron chi connectivity index (χ0n) is 11.5. The van der Waals surface area contributed by atoms with E-state index >= 15 is 0 Å². The second-order valence-corrected chi connectivity index (χ2v) is 6.45. The Kier molecular flexibility index (Phi) is 4.71. The summed E-state index contributed by atoms with van der Waals surface area (Å²) < 4.78 is 42.2. The van der Waals surface area contributed by atoms with Crippen molar-refractivity contribution in [3.8, 4) is 0 Å². The molecule has 0 aliphatic rings. The van der Waals surface area contributed by atoms with Crippen LogP contribution in [0.5, 0.6) is 0 Å². The van der Waals surface area contributed by atoms with E-state index in [1.165, 1.54) is 12.1 Å². The third kappa shape index (κ3) is 3.87. The molecule has 0 radical (unpaired) electrons. The summed E-state index contributed by atoms with van der Waals surface area (Å²) in [5.41, 5.74) is 5.56. The van der Waals surface area contributed by atoms with E-state index in [0.29, 0.717) is 6.54 Å². The van der Waals surface area contributed by atoms with E-state index in [1.807, 2.05) is 0 Å². The maximum Gasteiger partial charge on any atom is 0.240 e. The molecule has 0 bridgehead atoms. The van der Waals surface area contributed by atoms with Gasteiger partial charge in [0.1, 0.15) is 5.82 Å². The Morgan fingerprint density at radius 2 is 2.24 bits per heavy atom. The predicted octanol–water partition coefficient (Wildman–Crippen LogP) is 0.848. The van der Waals surface area contributed by atoms with Crippen LogP contribution in [0.15, 0.2) is 41.8 Å². The molecule has 2 rings (SSSR count). The lowest BCUT2D eigenvalue weighted by molar-refractivity contribution is 0.520. The summed E-state index contributed by atoms with van der Waals surface area (Å²) in [5.74, 6) is -0.511. The van der Waals surface area contributed by atoms with Gasteiger partial charge in [-0.2, -0.15) is 0 Å². The van der Waals surface area contributed by atoms with Gasteiger partial charge in [0.15, 0.2) is 0 Å². The van der Waals surface area contributed by atoms with Gasteiger partial charge in [-0.15, -0.1) is 0 Å². The third-order valence-corrected chi connectivity index (χ3v) is 4.53. The van der Waals surface area contributed by atoms with E-state index in [-0.39, 0.29) is 23.0 Å². The minimum Gasteiger partial charge on any atom is -0.336 e. The van der Waals surface area contributed by atoms with Crippen LogP contribution in [0, 0.1) is 5.82 Å². The molecule has 8 heteroatoms. The van der Waals surface area contributed by atoms with Crippen molar-refractivity contribution in [2.24, 2.45) is 5.73 Å². The first kappa shape index (κ1) is 15.6. The number of nitrogens with zero attached hydrogens (tertiary/aromatic N) is 2.